The monoisotopic (exact) mass is 303 g/mol. The molecule has 1 fully saturated rings. The number of anilines is 1. The number of carbonyl (C=O) groups is 1. The normalized spacial score (nSPS) is 19.3. The van der Waals surface area contributed by atoms with E-state index >= 15 is 0 Å². The van der Waals surface area contributed by atoms with E-state index in [1.807, 2.05) is 4.90 Å². The average Bonchev–Trinajstić information content (AvgIpc) is 2.46. The first kappa shape index (κ1) is 15.5. The fraction of sp³-hybridized carbons (Fsp3) is 0.583. The first-order valence-corrected chi connectivity index (χ1v) is 6.39. The van der Waals surface area contributed by atoms with Gasteiger partial charge < -0.3 is 15.5 Å². The Morgan fingerprint density at radius 1 is 1.24 bits per heavy atom. The lowest BCUT2D eigenvalue weighted by Crippen LogP contribution is -2.64. The lowest BCUT2D eigenvalue weighted by Gasteiger charge is -2.39. The molecule has 1 amide bonds. The van der Waals surface area contributed by atoms with Crippen molar-refractivity contribution >= 4 is 11.7 Å². The number of nitrogens with zero attached hydrogens (tertiary/aromatic N) is 4. The Hall–Kier alpha value is -1.90. The van der Waals surface area contributed by atoms with E-state index in [9.17, 15) is 18.0 Å². The molecule has 0 bridgehead atoms. The van der Waals surface area contributed by atoms with Gasteiger partial charge in [0.15, 0.2) is 5.54 Å². The summed E-state index contributed by atoms with van der Waals surface area (Å²) in [5, 5.41) is 0. The van der Waals surface area contributed by atoms with E-state index in [0.717, 1.165) is 4.90 Å². The van der Waals surface area contributed by atoms with Gasteiger partial charge in [-0.05, 0) is 6.92 Å². The van der Waals surface area contributed by atoms with Gasteiger partial charge in [-0.15, -0.1) is 0 Å². The molecule has 0 aromatic carbocycles. The van der Waals surface area contributed by atoms with Crippen molar-refractivity contribution in [3.05, 3.63) is 18.6 Å². The molecule has 0 radical (unpaired) electrons. The van der Waals surface area contributed by atoms with E-state index in [2.05, 4.69) is 9.97 Å². The predicted molar refractivity (Wildman–Crippen MR) is 69.5 cm³/mol. The summed E-state index contributed by atoms with van der Waals surface area (Å²) < 4.78 is 38.3. The topological polar surface area (TPSA) is 75.4 Å². The van der Waals surface area contributed by atoms with E-state index < -0.39 is 17.6 Å². The molecule has 2 heterocycles. The van der Waals surface area contributed by atoms with Crippen molar-refractivity contribution in [3.8, 4) is 0 Å². The molecule has 1 unspecified atom stereocenters. The van der Waals surface area contributed by atoms with Gasteiger partial charge in [0.1, 0.15) is 5.82 Å². The highest BCUT2D eigenvalue weighted by Gasteiger charge is 2.55. The number of amides is 1. The third-order valence-electron chi connectivity index (χ3n) is 3.47. The predicted octanol–water partition coefficient (Wildman–Crippen LogP) is 0.405. The molecular weight excluding hydrogens is 287 g/mol. The molecule has 1 atom stereocenters. The van der Waals surface area contributed by atoms with E-state index in [0.29, 0.717) is 25.8 Å². The number of piperazine rings is 1. The zero-order chi connectivity index (χ0) is 15.7. The molecule has 116 valence electrons. The lowest BCUT2D eigenvalue weighted by atomic mass is 10.0. The second-order valence-corrected chi connectivity index (χ2v) is 5.04. The van der Waals surface area contributed by atoms with Crippen LogP contribution in [0.2, 0.25) is 0 Å². The highest BCUT2D eigenvalue weighted by atomic mass is 19.4. The van der Waals surface area contributed by atoms with Gasteiger partial charge in [-0.25, -0.2) is 4.98 Å². The van der Waals surface area contributed by atoms with E-state index in [-0.39, 0.29) is 13.1 Å². The van der Waals surface area contributed by atoms with Crippen molar-refractivity contribution in [1.29, 1.82) is 0 Å². The Balaban J connectivity index is 2.00. The molecule has 2 N–H and O–H groups in total. The molecule has 0 spiro atoms. The Kier molecular flexibility index (Phi) is 4.04. The number of hydrogen-bond donors (Lipinski definition) is 1. The van der Waals surface area contributed by atoms with Crippen LogP contribution in [0.5, 0.6) is 0 Å². The molecule has 0 saturated carbocycles. The van der Waals surface area contributed by atoms with Crippen LogP contribution in [-0.2, 0) is 4.79 Å². The Morgan fingerprint density at radius 3 is 2.33 bits per heavy atom. The number of nitrogens with two attached hydrogens (primary N) is 1. The molecule has 1 aromatic rings. The highest BCUT2D eigenvalue weighted by molar-refractivity contribution is 5.87. The minimum absolute atomic E-state index is 0.165. The zero-order valence-electron chi connectivity index (χ0n) is 11.5. The summed E-state index contributed by atoms with van der Waals surface area (Å²) in [7, 11) is 0. The summed E-state index contributed by atoms with van der Waals surface area (Å²) in [4.78, 5) is 23.0. The molecule has 1 aliphatic heterocycles. The number of hydrogen-bond acceptors (Lipinski definition) is 5. The largest absolute Gasteiger partial charge is 0.415 e. The second-order valence-electron chi connectivity index (χ2n) is 5.04. The molecule has 1 aliphatic rings. The maximum absolute atomic E-state index is 12.8. The molecule has 2 rings (SSSR count). The van der Waals surface area contributed by atoms with Gasteiger partial charge in [0.2, 0.25) is 0 Å². The van der Waals surface area contributed by atoms with Crippen LogP contribution in [0.25, 0.3) is 0 Å². The van der Waals surface area contributed by atoms with E-state index in [4.69, 9.17) is 5.73 Å². The van der Waals surface area contributed by atoms with Crippen LogP contribution in [0.15, 0.2) is 18.6 Å². The van der Waals surface area contributed by atoms with Gasteiger partial charge in [0, 0.05) is 38.6 Å². The van der Waals surface area contributed by atoms with Crippen molar-refractivity contribution in [3.63, 3.8) is 0 Å². The van der Waals surface area contributed by atoms with Crippen molar-refractivity contribution < 1.29 is 18.0 Å². The van der Waals surface area contributed by atoms with Crippen molar-refractivity contribution in [2.75, 3.05) is 31.1 Å². The maximum Gasteiger partial charge on any atom is 0.415 e. The molecule has 21 heavy (non-hydrogen) atoms. The molecule has 9 heteroatoms. The Bertz CT molecular complexity index is 497. The summed E-state index contributed by atoms with van der Waals surface area (Å²) in [6.45, 7) is 1.80. The first-order valence-electron chi connectivity index (χ1n) is 6.39. The van der Waals surface area contributed by atoms with Crippen LogP contribution in [0, 0.1) is 0 Å². The Morgan fingerprint density at radius 2 is 1.86 bits per heavy atom. The molecule has 1 aromatic heterocycles. The fourth-order valence-electron chi connectivity index (χ4n) is 2.04. The third-order valence-corrected chi connectivity index (χ3v) is 3.47. The van der Waals surface area contributed by atoms with Gasteiger partial charge in [0.25, 0.3) is 5.91 Å². The zero-order valence-corrected chi connectivity index (χ0v) is 11.5. The molecular formula is C12H16F3N5O. The lowest BCUT2D eigenvalue weighted by molar-refractivity contribution is -0.193. The number of rotatable bonds is 2. The second kappa shape index (κ2) is 5.47. The van der Waals surface area contributed by atoms with Crippen LogP contribution in [0.4, 0.5) is 19.0 Å². The smallest absolute Gasteiger partial charge is 0.352 e. The SMILES string of the molecule is CC(N)(C(=O)N1CCN(c2cnccn2)CC1)C(F)(F)F. The van der Waals surface area contributed by atoms with Crippen LogP contribution in [-0.4, -0.2) is 58.7 Å². The van der Waals surface area contributed by atoms with E-state index in [1.165, 1.54) is 12.4 Å². The highest BCUT2D eigenvalue weighted by Crippen LogP contribution is 2.30. The number of aromatic nitrogens is 2. The third kappa shape index (κ3) is 3.07. The van der Waals surface area contributed by atoms with Crippen LogP contribution >= 0.6 is 0 Å². The van der Waals surface area contributed by atoms with Crippen LogP contribution < -0.4 is 10.6 Å². The van der Waals surface area contributed by atoms with Gasteiger partial charge >= 0.3 is 6.18 Å². The summed E-state index contributed by atoms with van der Waals surface area (Å²) in [6, 6.07) is 0. The first-order chi connectivity index (χ1) is 9.73. The maximum atomic E-state index is 12.8. The van der Waals surface area contributed by atoms with Crippen molar-refractivity contribution in [1.82, 2.24) is 14.9 Å². The summed E-state index contributed by atoms with van der Waals surface area (Å²) in [5.41, 5.74) is 2.30. The van der Waals surface area contributed by atoms with E-state index in [1.54, 1.807) is 6.20 Å². The van der Waals surface area contributed by atoms with Crippen LogP contribution in [0.1, 0.15) is 6.92 Å². The van der Waals surface area contributed by atoms with Crippen LogP contribution in [0.3, 0.4) is 0 Å². The summed E-state index contributed by atoms with van der Waals surface area (Å²) in [6.07, 6.45) is -0.133. The molecule has 1 saturated heterocycles. The minimum atomic E-state index is -4.77. The Labute approximate surface area is 119 Å². The van der Waals surface area contributed by atoms with Crippen molar-refractivity contribution in [2.24, 2.45) is 5.73 Å². The average molecular weight is 303 g/mol. The number of carbonyl (C=O) groups excluding carboxylic acids is 1. The van der Waals surface area contributed by atoms with Crippen molar-refractivity contribution in [2.45, 2.75) is 18.6 Å². The fourth-order valence-corrected chi connectivity index (χ4v) is 2.04. The molecule has 6 nitrogen and oxygen atoms in total. The summed E-state index contributed by atoms with van der Waals surface area (Å²) >= 11 is 0. The number of halogens is 3. The van der Waals surface area contributed by atoms with Gasteiger partial charge in [-0.2, -0.15) is 13.2 Å². The standard InChI is InChI=1S/C12H16F3N5O/c1-11(16,12(13,14)15)10(21)20-6-4-19(5-7-20)9-8-17-2-3-18-9/h2-3,8H,4-7,16H2,1H3. The van der Waals surface area contributed by atoms with Gasteiger partial charge in [0.05, 0.1) is 6.20 Å². The summed E-state index contributed by atoms with van der Waals surface area (Å²) in [5.74, 6) is -0.468. The van der Waals surface area contributed by atoms with Gasteiger partial charge in [-0.1, -0.05) is 0 Å². The quantitative estimate of drug-likeness (QED) is 0.856. The molecule has 0 aliphatic carbocycles. The minimum Gasteiger partial charge on any atom is -0.352 e. The number of alkyl halides is 3. The van der Waals surface area contributed by atoms with Gasteiger partial charge in [-0.3, -0.25) is 9.78 Å².